The number of nitrogens with one attached hydrogen (secondary N) is 1. The Bertz CT molecular complexity index is 1230. The van der Waals surface area contributed by atoms with Crippen LogP contribution < -0.4 is 5.32 Å². The number of amides is 1. The summed E-state index contributed by atoms with van der Waals surface area (Å²) in [4.78, 5) is 23.6. The Hall–Kier alpha value is -3.31. The lowest BCUT2D eigenvalue weighted by Crippen LogP contribution is -2.26. The molecule has 5 rings (SSSR count). The van der Waals surface area contributed by atoms with Crippen molar-refractivity contribution in [2.45, 2.75) is 25.8 Å². The number of hydrogen-bond donors (Lipinski definition) is 1. The molecule has 0 atom stereocenters. The first-order valence-corrected chi connectivity index (χ1v) is 11.0. The Balaban J connectivity index is 1.59. The molecule has 30 heavy (non-hydrogen) atoms. The third kappa shape index (κ3) is 3.64. The molecule has 0 saturated carbocycles. The van der Waals surface area contributed by atoms with Crippen LogP contribution in [-0.4, -0.2) is 15.9 Å². The second kappa shape index (κ2) is 8.20. The summed E-state index contributed by atoms with van der Waals surface area (Å²) in [6.07, 6.45) is 8.58. The molecule has 0 unspecified atom stereocenters. The Morgan fingerprint density at radius 2 is 1.93 bits per heavy atom. The first kappa shape index (κ1) is 18.7. The first-order chi connectivity index (χ1) is 14.8. The smallest absolute Gasteiger partial charge is 0.252 e. The molecule has 1 aromatic carbocycles. The lowest BCUT2D eigenvalue weighted by Gasteiger charge is -2.22. The summed E-state index contributed by atoms with van der Waals surface area (Å²) in [5.74, 6) is -0.0426. The lowest BCUT2D eigenvalue weighted by atomic mass is 9.86. The summed E-state index contributed by atoms with van der Waals surface area (Å²) >= 11 is 1.72. The van der Waals surface area contributed by atoms with Crippen molar-refractivity contribution in [2.24, 2.45) is 0 Å². The number of benzene rings is 1. The van der Waals surface area contributed by atoms with Crippen molar-refractivity contribution < 1.29 is 4.79 Å². The van der Waals surface area contributed by atoms with E-state index in [0.717, 1.165) is 52.5 Å². The van der Waals surface area contributed by atoms with Gasteiger partial charge in [-0.05, 0) is 71.7 Å². The molecule has 4 aromatic rings. The molecule has 0 radical (unpaired) electrons. The van der Waals surface area contributed by atoms with Gasteiger partial charge in [0, 0.05) is 29.2 Å². The molecule has 148 valence electrons. The number of thiophene rings is 1. The number of carbonyl (C=O) groups excluding carboxylic acids is 1. The maximum absolute atomic E-state index is 13.4. The third-order valence-electron chi connectivity index (χ3n) is 5.46. The van der Waals surface area contributed by atoms with Crippen LogP contribution in [0.3, 0.4) is 0 Å². The molecule has 0 spiro atoms. The van der Waals surface area contributed by atoms with Crippen molar-refractivity contribution in [1.82, 2.24) is 15.3 Å². The number of pyridine rings is 2. The monoisotopic (exact) mass is 411 g/mol. The molecular weight excluding hydrogens is 390 g/mol. The van der Waals surface area contributed by atoms with Crippen LogP contribution in [0.15, 0.2) is 66.3 Å². The second-order valence-corrected chi connectivity index (χ2v) is 8.39. The van der Waals surface area contributed by atoms with Crippen molar-refractivity contribution in [3.63, 3.8) is 0 Å². The van der Waals surface area contributed by atoms with Crippen molar-refractivity contribution in [1.29, 1.82) is 0 Å². The number of nitrogens with zero attached hydrogens (tertiary/aromatic N) is 2. The van der Waals surface area contributed by atoms with Crippen LogP contribution >= 0.6 is 11.3 Å². The Kier molecular flexibility index (Phi) is 5.11. The average Bonchev–Trinajstić information content (AvgIpc) is 3.30. The van der Waals surface area contributed by atoms with Gasteiger partial charge in [-0.15, -0.1) is 11.3 Å². The summed E-state index contributed by atoms with van der Waals surface area (Å²) in [5, 5.41) is 6.11. The molecule has 0 fully saturated rings. The van der Waals surface area contributed by atoms with Crippen molar-refractivity contribution in [3.05, 3.63) is 93.6 Å². The highest BCUT2D eigenvalue weighted by Gasteiger charge is 2.25. The Labute approximate surface area is 179 Å². The zero-order valence-electron chi connectivity index (χ0n) is 16.5. The van der Waals surface area contributed by atoms with E-state index >= 15 is 0 Å². The number of aromatic nitrogens is 2. The van der Waals surface area contributed by atoms with Crippen LogP contribution in [0.4, 0.5) is 0 Å². The van der Waals surface area contributed by atoms with Gasteiger partial charge < -0.3 is 5.32 Å². The maximum atomic E-state index is 13.4. The largest absolute Gasteiger partial charge is 0.348 e. The molecule has 3 heterocycles. The molecule has 0 bridgehead atoms. The minimum Gasteiger partial charge on any atom is -0.348 e. The highest BCUT2D eigenvalue weighted by atomic mass is 32.1. The van der Waals surface area contributed by atoms with Crippen LogP contribution in [0.25, 0.3) is 22.6 Å². The third-order valence-corrected chi connectivity index (χ3v) is 6.28. The summed E-state index contributed by atoms with van der Waals surface area (Å²) < 4.78 is 0. The van der Waals surface area contributed by atoms with Crippen LogP contribution in [0.2, 0.25) is 0 Å². The molecule has 3 aromatic heterocycles. The minimum atomic E-state index is -0.0426. The molecule has 4 nitrogen and oxygen atoms in total. The van der Waals surface area contributed by atoms with E-state index in [1.54, 1.807) is 23.7 Å². The van der Waals surface area contributed by atoms with E-state index in [9.17, 15) is 4.79 Å². The van der Waals surface area contributed by atoms with Gasteiger partial charge in [0.25, 0.3) is 5.91 Å². The predicted molar refractivity (Wildman–Crippen MR) is 122 cm³/mol. The van der Waals surface area contributed by atoms with Crippen LogP contribution in [0.1, 0.15) is 44.9 Å². The molecule has 1 aliphatic carbocycles. The number of para-hydroxylation sites is 1. The van der Waals surface area contributed by atoms with E-state index in [1.165, 1.54) is 10.5 Å². The Morgan fingerprint density at radius 1 is 1.07 bits per heavy atom. The van der Waals surface area contributed by atoms with Crippen LogP contribution in [0, 0.1) is 0 Å². The van der Waals surface area contributed by atoms with Gasteiger partial charge in [-0.2, -0.15) is 0 Å². The first-order valence-electron chi connectivity index (χ1n) is 10.1. The van der Waals surface area contributed by atoms with Crippen LogP contribution in [0.5, 0.6) is 0 Å². The van der Waals surface area contributed by atoms with Crippen molar-refractivity contribution in [3.8, 4) is 0 Å². The van der Waals surface area contributed by atoms with Crippen LogP contribution in [-0.2, 0) is 13.0 Å². The Morgan fingerprint density at radius 3 is 2.77 bits per heavy atom. The average molecular weight is 412 g/mol. The summed E-state index contributed by atoms with van der Waals surface area (Å²) in [7, 11) is 0. The topological polar surface area (TPSA) is 54.9 Å². The summed E-state index contributed by atoms with van der Waals surface area (Å²) in [6.45, 7) is 0.477. The number of hydrogen-bond acceptors (Lipinski definition) is 4. The van der Waals surface area contributed by atoms with E-state index in [2.05, 4.69) is 33.9 Å². The zero-order chi connectivity index (χ0) is 20.3. The summed E-state index contributed by atoms with van der Waals surface area (Å²) in [6, 6.07) is 16.0. The van der Waals surface area contributed by atoms with E-state index in [0.29, 0.717) is 6.54 Å². The highest BCUT2D eigenvalue weighted by molar-refractivity contribution is 7.10. The molecular formula is C25H21N3OS. The van der Waals surface area contributed by atoms with E-state index in [-0.39, 0.29) is 5.91 Å². The van der Waals surface area contributed by atoms with E-state index < -0.39 is 0 Å². The molecule has 0 saturated heterocycles. The zero-order valence-corrected chi connectivity index (χ0v) is 17.3. The number of fused-ring (bicyclic) bond motifs is 2. The van der Waals surface area contributed by atoms with E-state index in [4.69, 9.17) is 4.98 Å². The van der Waals surface area contributed by atoms with Gasteiger partial charge in [0.2, 0.25) is 0 Å². The fourth-order valence-corrected chi connectivity index (χ4v) is 4.73. The van der Waals surface area contributed by atoms with Gasteiger partial charge in [0.15, 0.2) is 0 Å². The predicted octanol–water partition coefficient (Wildman–Crippen LogP) is 5.50. The van der Waals surface area contributed by atoms with Gasteiger partial charge in [-0.3, -0.25) is 9.78 Å². The number of carbonyl (C=O) groups is 1. The summed E-state index contributed by atoms with van der Waals surface area (Å²) in [5.41, 5.74) is 5.92. The fourth-order valence-electron chi connectivity index (χ4n) is 4.05. The molecule has 1 N–H and O–H groups in total. The molecule has 5 heteroatoms. The molecule has 1 amide bonds. The minimum absolute atomic E-state index is 0.0426. The normalized spacial score (nSPS) is 14.6. The standard InChI is InChI=1S/C25H21N3OS/c29-25(27-16-17-10-12-26-13-11-17)23-20-7-1-2-9-22(20)28-24-18(5-3-8-21(23)24)15-19-6-4-14-30-19/h1-2,4,6-7,9-15H,3,5,8,16H2,(H,27,29). The quantitative estimate of drug-likeness (QED) is 0.482. The second-order valence-electron chi connectivity index (χ2n) is 7.41. The van der Waals surface area contributed by atoms with Gasteiger partial charge in [0.1, 0.15) is 0 Å². The fraction of sp³-hybridized carbons (Fsp3) is 0.160. The van der Waals surface area contributed by atoms with Crippen molar-refractivity contribution in [2.75, 3.05) is 0 Å². The number of rotatable bonds is 4. The van der Waals surface area contributed by atoms with Crippen molar-refractivity contribution >= 4 is 39.8 Å². The van der Waals surface area contributed by atoms with Gasteiger partial charge in [-0.25, -0.2) is 4.98 Å². The highest BCUT2D eigenvalue weighted by Crippen LogP contribution is 2.36. The lowest BCUT2D eigenvalue weighted by molar-refractivity contribution is 0.0951. The SMILES string of the molecule is O=C(NCc1ccncc1)c1c2c(nc3ccccc13)C(=Cc1cccs1)CCC2. The number of allylic oxidation sites excluding steroid dienone is 1. The van der Waals surface area contributed by atoms with Gasteiger partial charge in [0.05, 0.1) is 16.8 Å². The van der Waals surface area contributed by atoms with Gasteiger partial charge >= 0.3 is 0 Å². The molecule has 1 aliphatic rings. The van der Waals surface area contributed by atoms with Gasteiger partial charge in [-0.1, -0.05) is 24.3 Å². The molecule has 0 aliphatic heterocycles. The maximum Gasteiger partial charge on any atom is 0.252 e. The van der Waals surface area contributed by atoms with E-state index in [1.807, 2.05) is 36.4 Å².